The van der Waals surface area contributed by atoms with E-state index in [0.717, 1.165) is 4.90 Å². The lowest BCUT2D eigenvalue weighted by Gasteiger charge is -2.33. The van der Waals surface area contributed by atoms with Gasteiger partial charge in [-0.05, 0) is 77.9 Å². The summed E-state index contributed by atoms with van der Waals surface area (Å²) in [5.74, 6) is 5.64. The average molecular weight is 655 g/mol. The number of anilines is 2. The second-order valence-corrected chi connectivity index (χ2v) is 16.1. The number of thioether (sulfide) groups is 1. The monoisotopic (exact) mass is 654 g/mol. The van der Waals surface area contributed by atoms with Crippen LogP contribution in [-0.4, -0.2) is 88.9 Å². The van der Waals surface area contributed by atoms with Gasteiger partial charge in [0, 0.05) is 31.0 Å². The molecule has 15 heteroatoms. The number of likely N-dealkylation sites (tertiary alicyclic amines) is 1. The topological polar surface area (TPSA) is 92.1 Å². The third-order valence-electron chi connectivity index (χ3n) is 6.60. The van der Waals surface area contributed by atoms with E-state index in [-0.39, 0.29) is 46.7 Å². The highest BCUT2D eigenvalue weighted by Gasteiger charge is 2.33. The van der Waals surface area contributed by atoms with Crippen molar-refractivity contribution in [3.8, 4) is 11.8 Å². The maximum atomic E-state index is 14.8. The van der Waals surface area contributed by atoms with Gasteiger partial charge < -0.3 is 23.9 Å². The minimum Gasteiger partial charge on any atom is -0.443 e. The largest absolute Gasteiger partial charge is 0.447 e. The van der Waals surface area contributed by atoms with Crippen molar-refractivity contribution in [2.45, 2.75) is 55.5 Å². The van der Waals surface area contributed by atoms with E-state index in [4.69, 9.17) is 4.74 Å². The van der Waals surface area contributed by atoms with Gasteiger partial charge in [-0.1, -0.05) is 11.8 Å². The Morgan fingerprint density at radius 1 is 1.23 bits per heavy atom. The van der Waals surface area contributed by atoms with E-state index in [0.29, 0.717) is 24.2 Å². The molecule has 9 nitrogen and oxygen atoms in total. The van der Waals surface area contributed by atoms with Gasteiger partial charge in [-0.2, -0.15) is 13.2 Å². The molecule has 1 N–H and O–H groups in total. The van der Waals surface area contributed by atoms with Crippen molar-refractivity contribution in [1.82, 2.24) is 19.5 Å². The number of alkyl halides is 4. The lowest BCUT2D eigenvalue weighted by atomic mass is 10.0. The highest BCUT2D eigenvalue weighted by atomic mass is 32.2. The summed E-state index contributed by atoms with van der Waals surface area (Å²) in [6, 6.07) is 7.25. The molecule has 238 valence electrons. The molecule has 0 saturated carbocycles. The number of carbonyl (C=O) groups excluding carboxylic acids is 1. The third kappa shape index (κ3) is 8.67. The van der Waals surface area contributed by atoms with Gasteiger partial charge in [0.25, 0.3) is 0 Å². The van der Waals surface area contributed by atoms with Crippen LogP contribution < -0.4 is 15.7 Å². The van der Waals surface area contributed by atoms with Gasteiger partial charge >= 0.3 is 11.6 Å². The predicted molar refractivity (Wildman–Crippen MR) is 165 cm³/mol. The van der Waals surface area contributed by atoms with Gasteiger partial charge in [0.1, 0.15) is 29.4 Å². The quantitative estimate of drug-likeness (QED) is 0.154. The summed E-state index contributed by atoms with van der Waals surface area (Å²) in [6.45, 7) is 8.78. The molecule has 0 bridgehead atoms. The van der Waals surface area contributed by atoms with Crippen LogP contribution in [0.15, 0.2) is 41.6 Å². The molecule has 0 unspecified atom stereocenters. The number of piperidine rings is 1. The molecule has 0 aromatic carbocycles. The summed E-state index contributed by atoms with van der Waals surface area (Å²) < 4.78 is 75.0. The molecule has 0 aliphatic carbocycles. The number of rotatable bonds is 6. The SMILES string of the molecule is CN1CC[C@@H](Nc2cccn3c(SC(F)(F)F)c(C#CCN(C(=O)OC(C)(C)C)c4ccc(P(C)(C)=O)nn4)cc23)[C@@H](F)C1. The molecule has 1 saturated heterocycles. The average Bonchev–Trinajstić information content (AvgIpc) is 3.23. The molecule has 1 fully saturated rings. The number of hydrogen-bond donors (Lipinski definition) is 1. The number of aromatic nitrogens is 3. The Morgan fingerprint density at radius 3 is 2.55 bits per heavy atom. The Bertz CT molecular complexity index is 1610. The first kappa shape index (κ1) is 33.6. The van der Waals surface area contributed by atoms with E-state index in [9.17, 15) is 26.9 Å². The molecular formula is C29H35F4N6O3PS. The summed E-state index contributed by atoms with van der Waals surface area (Å²) in [5, 5.41) is 11.0. The van der Waals surface area contributed by atoms with Crippen LogP contribution >= 0.6 is 18.9 Å². The van der Waals surface area contributed by atoms with Crippen molar-refractivity contribution in [1.29, 1.82) is 0 Å². The summed E-state index contributed by atoms with van der Waals surface area (Å²) in [7, 11) is -0.872. The molecule has 1 amide bonds. The van der Waals surface area contributed by atoms with Gasteiger partial charge in [-0.15, -0.1) is 10.2 Å². The first-order chi connectivity index (χ1) is 20.4. The smallest absolute Gasteiger partial charge is 0.443 e. The fourth-order valence-electron chi connectivity index (χ4n) is 4.54. The molecule has 4 heterocycles. The van der Waals surface area contributed by atoms with E-state index in [1.165, 1.54) is 42.1 Å². The number of nitrogens with zero attached hydrogens (tertiary/aromatic N) is 5. The number of amides is 1. The van der Waals surface area contributed by atoms with Gasteiger partial charge in [0.15, 0.2) is 5.82 Å². The van der Waals surface area contributed by atoms with Crippen molar-refractivity contribution in [2.24, 2.45) is 0 Å². The Kier molecular flexibility index (Phi) is 9.93. The fourth-order valence-corrected chi connectivity index (χ4v) is 5.93. The van der Waals surface area contributed by atoms with Crippen molar-refractivity contribution in [3.63, 3.8) is 0 Å². The zero-order valence-electron chi connectivity index (χ0n) is 25.3. The van der Waals surface area contributed by atoms with Crippen molar-refractivity contribution in [2.75, 3.05) is 50.2 Å². The number of ether oxygens (including phenoxy) is 1. The van der Waals surface area contributed by atoms with Crippen molar-refractivity contribution >= 4 is 47.5 Å². The first-order valence-electron chi connectivity index (χ1n) is 13.8. The molecule has 1 aliphatic rings. The van der Waals surface area contributed by atoms with Crippen LogP contribution in [0.1, 0.15) is 32.8 Å². The molecular weight excluding hydrogens is 619 g/mol. The second-order valence-electron chi connectivity index (χ2n) is 11.9. The lowest BCUT2D eigenvalue weighted by molar-refractivity contribution is -0.0330. The number of hydrogen-bond acceptors (Lipinski definition) is 8. The number of pyridine rings is 1. The summed E-state index contributed by atoms with van der Waals surface area (Å²) >= 11 is -0.310. The Hall–Kier alpha value is -3.27. The minimum absolute atomic E-state index is 0.0723. The summed E-state index contributed by atoms with van der Waals surface area (Å²) in [6.07, 6.45) is 0.0903. The zero-order valence-corrected chi connectivity index (χ0v) is 27.0. The molecule has 3 aromatic heterocycles. The second kappa shape index (κ2) is 13.0. The highest BCUT2D eigenvalue weighted by Crippen LogP contribution is 2.41. The lowest BCUT2D eigenvalue weighted by Crippen LogP contribution is -2.46. The third-order valence-corrected chi connectivity index (χ3v) is 8.78. The maximum Gasteiger partial charge on any atom is 0.447 e. The Labute approximate surface area is 258 Å². The first-order valence-corrected chi connectivity index (χ1v) is 17.2. The van der Waals surface area contributed by atoms with E-state index in [1.54, 1.807) is 32.9 Å². The number of fused-ring (bicyclic) bond motifs is 1. The van der Waals surface area contributed by atoms with Crippen LogP contribution in [0, 0.1) is 11.8 Å². The normalized spacial score (nSPS) is 18.0. The van der Waals surface area contributed by atoms with Crippen molar-refractivity contribution < 1.29 is 31.7 Å². The van der Waals surface area contributed by atoms with Gasteiger partial charge in [0.05, 0.1) is 29.4 Å². The highest BCUT2D eigenvalue weighted by molar-refractivity contribution is 8.00. The molecule has 0 spiro atoms. The molecule has 0 radical (unpaired) electrons. The molecule has 4 rings (SSSR count). The maximum absolute atomic E-state index is 14.8. The van der Waals surface area contributed by atoms with Crippen LogP contribution in [0.5, 0.6) is 0 Å². The Balaban J connectivity index is 1.70. The van der Waals surface area contributed by atoms with Crippen molar-refractivity contribution in [3.05, 3.63) is 42.1 Å². The summed E-state index contributed by atoms with van der Waals surface area (Å²) in [5.41, 5.74) is -4.23. The molecule has 3 aromatic rings. The molecule has 1 aliphatic heterocycles. The zero-order chi connectivity index (χ0) is 32.4. The number of carbonyl (C=O) groups is 1. The van der Waals surface area contributed by atoms with Crippen LogP contribution in [0.2, 0.25) is 0 Å². The van der Waals surface area contributed by atoms with E-state index < -0.39 is 36.6 Å². The van der Waals surface area contributed by atoms with Gasteiger partial charge in [-0.3, -0.25) is 0 Å². The number of halogens is 4. The predicted octanol–water partition coefficient (Wildman–Crippen LogP) is 5.84. The van der Waals surface area contributed by atoms with E-state index in [2.05, 4.69) is 27.4 Å². The van der Waals surface area contributed by atoms with Gasteiger partial charge in [-0.25, -0.2) is 14.1 Å². The minimum atomic E-state index is -4.61. The van der Waals surface area contributed by atoms with E-state index >= 15 is 0 Å². The van der Waals surface area contributed by atoms with E-state index in [1.807, 2.05) is 11.9 Å². The number of nitrogens with one attached hydrogen (secondary N) is 1. The van der Waals surface area contributed by atoms with Gasteiger partial charge in [0.2, 0.25) is 0 Å². The van der Waals surface area contributed by atoms with Crippen LogP contribution in [-0.2, 0) is 9.30 Å². The van der Waals surface area contributed by atoms with Crippen LogP contribution in [0.25, 0.3) is 5.52 Å². The molecule has 2 atom stereocenters. The Morgan fingerprint density at radius 2 is 1.95 bits per heavy atom. The van der Waals surface area contributed by atoms with Crippen LogP contribution in [0.4, 0.5) is 33.9 Å². The standard InChI is InChI=1S/C29H35F4N6O3PS/c1-28(2,3)42-27(40)39(24-11-12-25(36-35-24)43(5,6)41)15-7-9-19-17-23-22(34-21-13-16-37(4)18-20(21)30)10-8-14-38(23)26(19)44-29(31,32)33/h8,10-12,14,17,20-21,34H,13,15-16,18H2,1-6H3/t20-,21+/m0/s1. The summed E-state index contributed by atoms with van der Waals surface area (Å²) in [4.78, 5) is 16.1. The fraction of sp³-hybridized carbons (Fsp3) is 0.483. The molecule has 44 heavy (non-hydrogen) atoms. The van der Waals surface area contributed by atoms with Crippen LogP contribution in [0.3, 0.4) is 0 Å².